The third kappa shape index (κ3) is 3.45. The molecule has 7 nitrogen and oxygen atoms in total. The predicted molar refractivity (Wildman–Crippen MR) is 89.4 cm³/mol. The summed E-state index contributed by atoms with van der Waals surface area (Å²) in [5.41, 5.74) is 0.860. The average Bonchev–Trinajstić information content (AvgIpc) is 2.59. The summed E-state index contributed by atoms with van der Waals surface area (Å²) >= 11 is 0. The molecular weight excluding hydrogens is 326 g/mol. The number of carbonyl (C=O) groups excluding carboxylic acids is 1. The molecule has 1 aromatic carbocycles. The van der Waals surface area contributed by atoms with Crippen LogP contribution in [0.3, 0.4) is 0 Å². The number of fused-ring (bicyclic) bond motifs is 1. The van der Waals surface area contributed by atoms with E-state index in [4.69, 9.17) is 14.2 Å². The van der Waals surface area contributed by atoms with E-state index in [1.165, 1.54) is 13.2 Å². The minimum absolute atomic E-state index is 0.0875. The molecule has 0 aliphatic carbocycles. The number of benzene rings is 1. The van der Waals surface area contributed by atoms with Crippen LogP contribution < -0.4 is 15.0 Å². The fourth-order valence-corrected chi connectivity index (χ4v) is 2.93. The molecule has 1 unspecified atom stereocenters. The van der Waals surface area contributed by atoms with Crippen molar-refractivity contribution in [3.63, 3.8) is 0 Å². The van der Waals surface area contributed by atoms with Crippen LogP contribution in [0.25, 0.3) is 0 Å². The molecule has 0 amide bonds. The number of aromatic hydroxyl groups is 1. The molecule has 1 atom stereocenters. The number of aromatic nitrogens is 1. The Labute approximate surface area is 144 Å². The standard InChI is InChI=1S/C18H19NO6/c1-10-7-13(20)17(18(22)19-10)12(9-16(21)23-2)11-3-4-14-15(8-11)25-6-5-24-14/h3-4,7-8,12H,5-6,9H2,1-2H3,(H2,19,20,22). The van der Waals surface area contributed by atoms with Crippen molar-refractivity contribution in [1.82, 2.24) is 4.98 Å². The number of nitrogens with one attached hydrogen (secondary N) is 1. The van der Waals surface area contributed by atoms with Gasteiger partial charge >= 0.3 is 5.97 Å². The Morgan fingerprint density at radius 2 is 2.00 bits per heavy atom. The molecule has 2 N–H and O–H groups in total. The quantitative estimate of drug-likeness (QED) is 0.821. The third-order valence-electron chi connectivity index (χ3n) is 4.10. The van der Waals surface area contributed by atoms with Crippen LogP contribution in [0.2, 0.25) is 0 Å². The van der Waals surface area contributed by atoms with Gasteiger partial charge in [-0.1, -0.05) is 6.07 Å². The highest BCUT2D eigenvalue weighted by Crippen LogP contribution is 2.37. The van der Waals surface area contributed by atoms with Crippen molar-refractivity contribution in [2.75, 3.05) is 20.3 Å². The lowest BCUT2D eigenvalue weighted by atomic mass is 9.88. The number of H-pyrrole nitrogens is 1. The van der Waals surface area contributed by atoms with Crippen molar-refractivity contribution in [1.29, 1.82) is 0 Å². The van der Waals surface area contributed by atoms with Gasteiger partial charge in [-0.2, -0.15) is 0 Å². The zero-order valence-electron chi connectivity index (χ0n) is 14.0. The monoisotopic (exact) mass is 345 g/mol. The van der Waals surface area contributed by atoms with Gasteiger partial charge in [0.15, 0.2) is 11.5 Å². The van der Waals surface area contributed by atoms with Gasteiger partial charge in [-0.25, -0.2) is 0 Å². The van der Waals surface area contributed by atoms with Gasteiger partial charge in [0, 0.05) is 11.6 Å². The number of esters is 1. The van der Waals surface area contributed by atoms with Crippen molar-refractivity contribution in [2.24, 2.45) is 0 Å². The SMILES string of the molecule is COC(=O)CC(c1ccc2c(c1)OCCO2)c1c(O)cc(C)[nH]c1=O. The van der Waals surface area contributed by atoms with Crippen LogP contribution in [0.1, 0.15) is 29.2 Å². The van der Waals surface area contributed by atoms with Crippen LogP contribution in [0.5, 0.6) is 17.2 Å². The molecule has 0 radical (unpaired) electrons. The molecule has 0 saturated heterocycles. The highest BCUT2D eigenvalue weighted by molar-refractivity contribution is 5.71. The second-order valence-corrected chi connectivity index (χ2v) is 5.82. The van der Waals surface area contributed by atoms with Gasteiger partial charge in [-0.15, -0.1) is 0 Å². The number of hydrogen-bond acceptors (Lipinski definition) is 6. The molecule has 2 aromatic rings. The number of aryl methyl sites for hydroxylation is 1. The van der Waals surface area contributed by atoms with E-state index in [9.17, 15) is 14.7 Å². The van der Waals surface area contributed by atoms with Gasteiger partial charge in [-0.05, 0) is 30.7 Å². The molecule has 0 fully saturated rings. The van der Waals surface area contributed by atoms with Crippen LogP contribution in [0, 0.1) is 6.92 Å². The molecule has 1 aromatic heterocycles. The molecule has 1 aliphatic rings. The minimum Gasteiger partial charge on any atom is -0.507 e. The van der Waals surface area contributed by atoms with E-state index in [-0.39, 0.29) is 17.7 Å². The first kappa shape index (κ1) is 16.9. The summed E-state index contributed by atoms with van der Waals surface area (Å²) < 4.78 is 15.8. The van der Waals surface area contributed by atoms with E-state index in [0.717, 1.165) is 0 Å². The van der Waals surface area contributed by atoms with Gasteiger partial charge < -0.3 is 24.3 Å². The van der Waals surface area contributed by atoms with Gasteiger partial charge in [0.2, 0.25) is 0 Å². The maximum absolute atomic E-state index is 12.4. The van der Waals surface area contributed by atoms with Crippen LogP contribution in [0.4, 0.5) is 0 Å². The Hall–Kier alpha value is -2.96. The van der Waals surface area contributed by atoms with Crippen molar-refractivity contribution in [3.8, 4) is 17.2 Å². The fourth-order valence-electron chi connectivity index (χ4n) is 2.93. The third-order valence-corrected chi connectivity index (χ3v) is 4.10. The molecular formula is C18H19NO6. The number of hydrogen-bond donors (Lipinski definition) is 2. The Balaban J connectivity index is 2.10. The van der Waals surface area contributed by atoms with E-state index in [1.807, 2.05) is 0 Å². The summed E-state index contributed by atoms with van der Waals surface area (Å²) in [5.74, 6) is -0.174. The minimum atomic E-state index is -0.673. The van der Waals surface area contributed by atoms with E-state index >= 15 is 0 Å². The summed E-state index contributed by atoms with van der Waals surface area (Å²) in [4.78, 5) is 26.9. The molecule has 7 heteroatoms. The second-order valence-electron chi connectivity index (χ2n) is 5.82. The van der Waals surface area contributed by atoms with E-state index in [1.54, 1.807) is 25.1 Å². The maximum atomic E-state index is 12.4. The van der Waals surface area contributed by atoms with Crippen LogP contribution in [-0.4, -0.2) is 36.4 Å². The lowest BCUT2D eigenvalue weighted by Crippen LogP contribution is -2.21. The van der Waals surface area contributed by atoms with Gasteiger partial charge in [0.1, 0.15) is 19.0 Å². The predicted octanol–water partition coefficient (Wildman–Crippen LogP) is 1.86. The van der Waals surface area contributed by atoms with Crippen LogP contribution >= 0.6 is 0 Å². The molecule has 0 bridgehead atoms. The van der Waals surface area contributed by atoms with Crippen molar-refractivity contribution in [2.45, 2.75) is 19.3 Å². The second kappa shape index (κ2) is 6.88. The Bertz CT molecular complexity index is 857. The first-order valence-corrected chi connectivity index (χ1v) is 7.88. The van der Waals surface area contributed by atoms with Crippen molar-refractivity contribution < 1.29 is 24.1 Å². The highest BCUT2D eigenvalue weighted by Gasteiger charge is 2.26. The topological polar surface area (TPSA) is 97.8 Å². The summed E-state index contributed by atoms with van der Waals surface area (Å²) in [6, 6.07) is 6.66. The fraction of sp³-hybridized carbons (Fsp3) is 0.333. The van der Waals surface area contributed by atoms with Crippen LogP contribution in [0.15, 0.2) is 29.1 Å². The lowest BCUT2D eigenvalue weighted by molar-refractivity contribution is -0.140. The molecule has 2 heterocycles. The van der Waals surface area contributed by atoms with Crippen LogP contribution in [-0.2, 0) is 9.53 Å². The van der Waals surface area contributed by atoms with Gasteiger partial charge in [0.25, 0.3) is 5.56 Å². The number of rotatable bonds is 4. The largest absolute Gasteiger partial charge is 0.507 e. The smallest absolute Gasteiger partial charge is 0.306 e. The summed E-state index contributed by atoms with van der Waals surface area (Å²) in [5, 5.41) is 10.3. The van der Waals surface area contributed by atoms with Crippen molar-refractivity contribution >= 4 is 5.97 Å². The Morgan fingerprint density at radius 3 is 2.68 bits per heavy atom. The van der Waals surface area contributed by atoms with Crippen molar-refractivity contribution in [3.05, 3.63) is 51.4 Å². The molecule has 0 spiro atoms. The first-order valence-electron chi connectivity index (χ1n) is 7.88. The van der Waals surface area contributed by atoms with E-state index in [2.05, 4.69) is 4.98 Å². The molecule has 25 heavy (non-hydrogen) atoms. The number of methoxy groups -OCH3 is 1. The maximum Gasteiger partial charge on any atom is 0.306 e. The summed E-state index contributed by atoms with van der Waals surface area (Å²) in [6.45, 7) is 2.56. The molecule has 1 aliphatic heterocycles. The number of carbonyl (C=O) groups is 1. The van der Waals surface area contributed by atoms with E-state index in [0.29, 0.717) is 36.0 Å². The average molecular weight is 345 g/mol. The molecule has 132 valence electrons. The van der Waals surface area contributed by atoms with Gasteiger partial charge in [0.05, 0.1) is 19.1 Å². The zero-order chi connectivity index (χ0) is 18.0. The summed E-state index contributed by atoms with van der Waals surface area (Å²) in [7, 11) is 1.28. The molecule has 3 rings (SSSR count). The first-order chi connectivity index (χ1) is 12.0. The molecule has 0 saturated carbocycles. The Morgan fingerprint density at radius 1 is 1.28 bits per heavy atom. The number of pyridine rings is 1. The van der Waals surface area contributed by atoms with E-state index < -0.39 is 17.4 Å². The lowest BCUT2D eigenvalue weighted by Gasteiger charge is -2.22. The zero-order valence-corrected chi connectivity index (χ0v) is 14.0. The number of ether oxygens (including phenoxy) is 3. The normalized spacial score (nSPS) is 14.0. The summed E-state index contributed by atoms with van der Waals surface area (Å²) in [6.07, 6.45) is -0.0875. The highest BCUT2D eigenvalue weighted by atomic mass is 16.6. The van der Waals surface area contributed by atoms with Gasteiger partial charge in [-0.3, -0.25) is 9.59 Å². The number of aromatic amines is 1. The Kier molecular flexibility index (Phi) is 4.65.